The Labute approximate surface area is 135 Å². The number of aromatic hydroxyl groups is 1. The van der Waals surface area contributed by atoms with Crippen LogP contribution in [0.3, 0.4) is 0 Å². The number of methoxy groups -OCH3 is 1. The lowest BCUT2D eigenvalue weighted by Gasteiger charge is -2.16. The third-order valence-corrected chi connectivity index (χ3v) is 3.60. The summed E-state index contributed by atoms with van der Waals surface area (Å²) in [6, 6.07) is 3.61. The minimum absolute atomic E-state index is 0.0624. The average molecular weight is 368 g/mol. The summed E-state index contributed by atoms with van der Waals surface area (Å²) < 4.78 is 67.8. The number of rotatable bonds is 4. The second-order valence-corrected chi connectivity index (χ2v) is 5.31. The van der Waals surface area contributed by atoms with Crippen LogP contribution in [0, 0.1) is 0 Å². The van der Waals surface area contributed by atoms with Crippen molar-refractivity contribution in [3.63, 3.8) is 0 Å². The zero-order valence-corrected chi connectivity index (χ0v) is 12.6. The molecule has 0 radical (unpaired) electrons. The first-order valence-corrected chi connectivity index (χ1v) is 7.03. The van der Waals surface area contributed by atoms with Crippen LogP contribution in [0.5, 0.6) is 11.5 Å². The molecule has 24 heavy (non-hydrogen) atoms. The predicted octanol–water partition coefficient (Wildman–Crippen LogP) is 3.76. The van der Waals surface area contributed by atoms with E-state index in [2.05, 4.69) is 10.3 Å². The number of halogens is 5. The molecule has 0 aliphatic carbocycles. The van der Waals surface area contributed by atoms with E-state index in [1.165, 1.54) is 19.2 Å². The second kappa shape index (κ2) is 6.23. The highest BCUT2D eigenvalue weighted by Gasteiger charge is 2.60. The van der Waals surface area contributed by atoms with E-state index in [4.69, 9.17) is 4.74 Å². The van der Waals surface area contributed by atoms with E-state index in [9.17, 15) is 31.9 Å². The molecular weight excluding hydrogens is 359 g/mol. The van der Waals surface area contributed by atoms with Crippen LogP contribution in [0.25, 0.3) is 0 Å². The molecule has 0 spiro atoms. The fourth-order valence-corrected chi connectivity index (χ4v) is 2.35. The van der Waals surface area contributed by atoms with Gasteiger partial charge in [0.2, 0.25) is 0 Å². The van der Waals surface area contributed by atoms with Gasteiger partial charge in [-0.3, -0.25) is 10.1 Å². The summed E-state index contributed by atoms with van der Waals surface area (Å²) in [6.07, 6.45) is -5.79. The molecule has 2 N–H and O–H groups in total. The van der Waals surface area contributed by atoms with Crippen molar-refractivity contribution in [1.29, 1.82) is 0 Å². The van der Waals surface area contributed by atoms with Gasteiger partial charge in [0.15, 0.2) is 16.6 Å². The van der Waals surface area contributed by atoms with E-state index < -0.39 is 28.8 Å². The van der Waals surface area contributed by atoms with E-state index in [0.29, 0.717) is 16.7 Å². The number of carbonyl (C=O) groups is 1. The van der Waals surface area contributed by atoms with Crippen molar-refractivity contribution >= 4 is 22.4 Å². The van der Waals surface area contributed by atoms with Gasteiger partial charge in [0.25, 0.3) is 5.91 Å². The molecule has 11 heteroatoms. The van der Waals surface area contributed by atoms with E-state index in [1.807, 2.05) is 0 Å². The lowest BCUT2D eigenvalue weighted by Crippen LogP contribution is -2.34. The van der Waals surface area contributed by atoms with Gasteiger partial charge in [-0.05, 0) is 18.2 Å². The van der Waals surface area contributed by atoms with E-state index in [0.717, 1.165) is 6.07 Å². The van der Waals surface area contributed by atoms with Crippen molar-refractivity contribution in [3.05, 3.63) is 34.8 Å². The number of nitrogens with one attached hydrogen (secondary N) is 1. The van der Waals surface area contributed by atoms with Crippen molar-refractivity contribution in [3.8, 4) is 11.5 Å². The number of anilines is 1. The van der Waals surface area contributed by atoms with Crippen molar-refractivity contribution in [2.75, 3.05) is 12.4 Å². The number of nitrogens with zero attached hydrogens (tertiary/aromatic N) is 1. The Hall–Kier alpha value is -2.43. The molecule has 0 unspecified atom stereocenters. The van der Waals surface area contributed by atoms with Crippen LogP contribution in [0.4, 0.5) is 27.1 Å². The highest BCUT2D eigenvalue weighted by atomic mass is 32.1. The van der Waals surface area contributed by atoms with Crippen LogP contribution >= 0.6 is 11.3 Å². The van der Waals surface area contributed by atoms with Crippen molar-refractivity contribution < 1.29 is 36.6 Å². The van der Waals surface area contributed by atoms with Crippen molar-refractivity contribution in [2.45, 2.75) is 12.1 Å². The number of benzene rings is 1. The number of alkyl halides is 5. The number of carbonyl (C=O) groups excluding carboxylic acids is 1. The van der Waals surface area contributed by atoms with Crippen LogP contribution < -0.4 is 10.1 Å². The fourth-order valence-electron chi connectivity index (χ4n) is 1.62. The molecule has 0 atom stereocenters. The zero-order chi connectivity index (χ0) is 18.1. The van der Waals surface area contributed by atoms with Gasteiger partial charge < -0.3 is 9.84 Å². The second-order valence-electron chi connectivity index (χ2n) is 4.45. The topological polar surface area (TPSA) is 71.5 Å². The molecule has 1 aromatic heterocycles. The van der Waals surface area contributed by atoms with Crippen molar-refractivity contribution in [1.82, 2.24) is 4.98 Å². The lowest BCUT2D eigenvalue weighted by molar-refractivity contribution is -0.290. The van der Waals surface area contributed by atoms with E-state index in [1.54, 1.807) is 0 Å². The van der Waals surface area contributed by atoms with Gasteiger partial charge in [-0.1, -0.05) is 0 Å². The van der Waals surface area contributed by atoms with Crippen LogP contribution in [-0.2, 0) is 5.92 Å². The van der Waals surface area contributed by atoms with Gasteiger partial charge in [-0.25, -0.2) is 4.98 Å². The minimum atomic E-state index is -5.79. The lowest BCUT2D eigenvalue weighted by atomic mass is 10.2. The monoisotopic (exact) mass is 368 g/mol. The normalized spacial score (nSPS) is 12.1. The smallest absolute Gasteiger partial charge is 0.459 e. The van der Waals surface area contributed by atoms with Gasteiger partial charge >= 0.3 is 12.1 Å². The van der Waals surface area contributed by atoms with Crippen LogP contribution in [-0.4, -0.2) is 29.3 Å². The summed E-state index contributed by atoms with van der Waals surface area (Å²) in [5, 5.41) is 11.7. The van der Waals surface area contributed by atoms with Crippen LogP contribution in [0.2, 0.25) is 0 Å². The molecule has 1 aromatic carbocycles. The summed E-state index contributed by atoms with van der Waals surface area (Å²) in [6.45, 7) is 0. The minimum Gasteiger partial charge on any atom is -0.504 e. The number of aromatic nitrogens is 1. The number of amides is 1. The van der Waals surface area contributed by atoms with Crippen molar-refractivity contribution in [2.24, 2.45) is 0 Å². The Morgan fingerprint density at radius 1 is 1.29 bits per heavy atom. The third kappa shape index (κ3) is 3.40. The highest BCUT2D eigenvalue weighted by molar-refractivity contribution is 7.14. The largest absolute Gasteiger partial charge is 0.504 e. The Balaban J connectivity index is 2.18. The number of phenols is 1. The number of hydrogen-bond acceptors (Lipinski definition) is 5. The molecule has 1 amide bonds. The summed E-state index contributed by atoms with van der Waals surface area (Å²) in [4.78, 5) is 15.0. The van der Waals surface area contributed by atoms with Gasteiger partial charge in [0, 0.05) is 10.9 Å². The van der Waals surface area contributed by atoms with E-state index >= 15 is 0 Å². The van der Waals surface area contributed by atoms with Gasteiger partial charge in [-0.15, -0.1) is 11.3 Å². The first kappa shape index (κ1) is 17.9. The predicted molar refractivity (Wildman–Crippen MR) is 74.7 cm³/mol. The molecule has 1 heterocycles. The van der Waals surface area contributed by atoms with Gasteiger partial charge in [0.05, 0.1) is 7.11 Å². The zero-order valence-electron chi connectivity index (χ0n) is 11.8. The molecule has 5 nitrogen and oxygen atoms in total. The molecule has 2 rings (SSSR count). The molecule has 0 bridgehead atoms. The molecule has 130 valence electrons. The highest BCUT2D eigenvalue weighted by Crippen LogP contribution is 2.44. The summed E-state index contributed by atoms with van der Waals surface area (Å²) >= 11 is 0.417. The Morgan fingerprint density at radius 2 is 1.96 bits per heavy atom. The number of ether oxygens (including phenoxy) is 1. The summed E-state index contributed by atoms with van der Waals surface area (Å²) in [5.74, 6) is -6.20. The van der Waals surface area contributed by atoms with Gasteiger partial charge in [-0.2, -0.15) is 22.0 Å². The maximum Gasteiger partial charge on any atom is 0.459 e. The molecule has 0 saturated carbocycles. The Bertz CT molecular complexity index is 760. The summed E-state index contributed by atoms with van der Waals surface area (Å²) in [7, 11) is 1.30. The molecule has 0 saturated heterocycles. The van der Waals surface area contributed by atoms with Crippen LogP contribution in [0.1, 0.15) is 16.1 Å². The quantitative estimate of drug-likeness (QED) is 0.806. The first-order valence-electron chi connectivity index (χ1n) is 6.15. The average Bonchev–Trinajstić information content (AvgIpc) is 2.95. The summed E-state index contributed by atoms with van der Waals surface area (Å²) in [5.41, 5.74) is -1.57. The first-order chi connectivity index (χ1) is 11.1. The fraction of sp³-hybridized carbons (Fsp3) is 0.231. The molecule has 2 aromatic rings. The number of hydrogen-bond donors (Lipinski definition) is 2. The molecule has 0 fully saturated rings. The maximum atomic E-state index is 13.1. The number of thiazole rings is 1. The standard InChI is InChI=1S/C13H9F5N2O3S/c1-23-8-3-2-6(4-7(8)21)10(22)20-11-19-9(5-24-11)12(14,15)13(16,17)18/h2-5,21H,1H3,(H,19,20,22). The molecular formula is C13H9F5N2O3S. The third-order valence-electron chi connectivity index (χ3n) is 2.84. The van der Waals surface area contributed by atoms with Gasteiger partial charge in [0.1, 0.15) is 5.69 Å². The van der Waals surface area contributed by atoms with Crippen LogP contribution in [0.15, 0.2) is 23.6 Å². The Morgan fingerprint density at radius 3 is 2.50 bits per heavy atom. The maximum absolute atomic E-state index is 13.1. The molecule has 0 aliphatic heterocycles. The van der Waals surface area contributed by atoms with E-state index in [-0.39, 0.29) is 17.1 Å². The Kier molecular flexibility index (Phi) is 4.65. The number of phenolic OH excluding ortho intramolecular Hbond substituents is 1. The SMILES string of the molecule is COc1ccc(C(=O)Nc2nc(C(F)(F)C(F)(F)F)cs2)cc1O. The molecule has 0 aliphatic rings.